The number of nitrogens with one attached hydrogen (secondary N) is 2. The van der Waals surface area contributed by atoms with Crippen molar-refractivity contribution < 1.29 is 9.90 Å². The molecule has 2 rings (SSSR count). The van der Waals surface area contributed by atoms with Gasteiger partial charge >= 0.3 is 0 Å². The molecule has 0 spiro atoms. The molecule has 1 aromatic heterocycles. The SMILES string of the molecule is Cc1ccc2[nH]c(C(=O)NC(C)CO)c(C)c2c1. The third kappa shape index (κ3) is 2.24. The van der Waals surface area contributed by atoms with Crippen molar-refractivity contribution in [3.05, 3.63) is 35.0 Å². The summed E-state index contributed by atoms with van der Waals surface area (Å²) in [5, 5.41) is 12.8. The number of aryl methyl sites for hydroxylation is 2. The predicted octanol–water partition coefficient (Wildman–Crippen LogP) is 1.90. The number of hydrogen-bond acceptors (Lipinski definition) is 2. The zero-order valence-corrected chi connectivity index (χ0v) is 10.9. The molecule has 1 aromatic carbocycles. The van der Waals surface area contributed by atoms with Crippen molar-refractivity contribution in [1.29, 1.82) is 0 Å². The molecule has 0 aliphatic heterocycles. The van der Waals surface area contributed by atoms with Crippen LogP contribution in [0.1, 0.15) is 28.5 Å². The molecule has 0 saturated carbocycles. The van der Waals surface area contributed by atoms with Crippen LogP contribution >= 0.6 is 0 Å². The van der Waals surface area contributed by atoms with E-state index >= 15 is 0 Å². The Morgan fingerprint density at radius 3 is 2.83 bits per heavy atom. The van der Waals surface area contributed by atoms with Gasteiger partial charge in [0.2, 0.25) is 0 Å². The molecule has 4 heteroatoms. The minimum Gasteiger partial charge on any atom is -0.394 e. The van der Waals surface area contributed by atoms with E-state index in [4.69, 9.17) is 5.11 Å². The Balaban J connectivity index is 2.40. The van der Waals surface area contributed by atoms with Crippen molar-refractivity contribution in [3.63, 3.8) is 0 Å². The van der Waals surface area contributed by atoms with E-state index in [-0.39, 0.29) is 18.6 Å². The van der Waals surface area contributed by atoms with Gasteiger partial charge in [-0.2, -0.15) is 0 Å². The first-order valence-electron chi connectivity index (χ1n) is 6.03. The highest BCUT2D eigenvalue weighted by Crippen LogP contribution is 2.22. The number of carbonyl (C=O) groups is 1. The third-order valence-corrected chi connectivity index (χ3v) is 3.09. The smallest absolute Gasteiger partial charge is 0.268 e. The predicted molar refractivity (Wildman–Crippen MR) is 71.8 cm³/mol. The fourth-order valence-electron chi connectivity index (χ4n) is 2.01. The van der Waals surface area contributed by atoms with Gasteiger partial charge in [0.05, 0.1) is 6.61 Å². The summed E-state index contributed by atoms with van der Waals surface area (Å²) in [6.45, 7) is 5.65. The van der Waals surface area contributed by atoms with Crippen molar-refractivity contribution >= 4 is 16.8 Å². The van der Waals surface area contributed by atoms with Gasteiger partial charge in [0.1, 0.15) is 5.69 Å². The van der Waals surface area contributed by atoms with Crippen molar-refractivity contribution in [2.75, 3.05) is 6.61 Å². The lowest BCUT2D eigenvalue weighted by Gasteiger charge is -2.10. The number of rotatable bonds is 3. The molecular weight excluding hydrogens is 228 g/mol. The number of H-pyrrole nitrogens is 1. The molecule has 0 aliphatic rings. The van der Waals surface area contributed by atoms with Crippen LogP contribution in [-0.4, -0.2) is 28.6 Å². The van der Waals surface area contributed by atoms with Gasteiger partial charge in [-0.05, 0) is 38.5 Å². The van der Waals surface area contributed by atoms with E-state index in [0.717, 1.165) is 16.5 Å². The number of aromatic nitrogens is 1. The summed E-state index contributed by atoms with van der Waals surface area (Å²) < 4.78 is 0. The normalized spacial score (nSPS) is 12.7. The third-order valence-electron chi connectivity index (χ3n) is 3.09. The number of fused-ring (bicyclic) bond motifs is 1. The van der Waals surface area contributed by atoms with Gasteiger partial charge < -0.3 is 15.4 Å². The first kappa shape index (κ1) is 12.6. The number of aromatic amines is 1. The number of amides is 1. The summed E-state index contributed by atoms with van der Waals surface area (Å²) in [6.07, 6.45) is 0. The van der Waals surface area contributed by atoms with E-state index in [1.54, 1.807) is 6.92 Å². The Labute approximate surface area is 106 Å². The second-order valence-corrected chi connectivity index (χ2v) is 4.73. The second-order valence-electron chi connectivity index (χ2n) is 4.73. The average molecular weight is 246 g/mol. The van der Waals surface area contributed by atoms with Crippen LogP contribution in [0.25, 0.3) is 10.9 Å². The van der Waals surface area contributed by atoms with Gasteiger partial charge in [-0.25, -0.2) is 0 Å². The number of aliphatic hydroxyl groups is 1. The number of benzene rings is 1. The minimum absolute atomic E-state index is 0.0654. The molecule has 0 bridgehead atoms. The van der Waals surface area contributed by atoms with Crippen LogP contribution < -0.4 is 5.32 Å². The summed E-state index contributed by atoms with van der Waals surface area (Å²) in [4.78, 5) is 15.2. The Morgan fingerprint density at radius 1 is 1.44 bits per heavy atom. The molecular formula is C14H18N2O2. The van der Waals surface area contributed by atoms with Gasteiger partial charge in [0.15, 0.2) is 0 Å². The molecule has 1 heterocycles. The molecule has 0 saturated heterocycles. The quantitative estimate of drug-likeness (QED) is 0.774. The molecule has 18 heavy (non-hydrogen) atoms. The number of carbonyl (C=O) groups excluding carboxylic acids is 1. The maximum atomic E-state index is 12.0. The van der Waals surface area contributed by atoms with Crippen LogP contribution in [0.15, 0.2) is 18.2 Å². The molecule has 1 unspecified atom stereocenters. The van der Waals surface area contributed by atoms with Crippen LogP contribution in [0.2, 0.25) is 0 Å². The molecule has 3 N–H and O–H groups in total. The number of aliphatic hydroxyl groups excluding tert-OH is 1. The van der Waals surface area contributed by atoms with Crippen molar-refractivity contribution in [2.24, 2.45) is 0 Å². The molecule has 0 radical (unpaired) electrons. The zero-order valence-electron chi connectivity index (χ0n) is 10.9. The first-order chi connectivity index (χ1) is 8.52. The zero-order chi connectivity index (χ0) is 13.3. The Hall–Kier alpha value is -1.81. The van der Waals surface area contributed by atoms with Gasteiger partial charge in [-0.15, -0.1) is 0 Å². The highest BCUT2D eigenvalue weighted by molar-refractivity contribution is 6.01. The van der Waals surface area contributed by atoms with E-state index < -0.39 is 0 Å². The highest BCUT2D eigenvalue weighted by Gasteiger charge is 2.16. The summed E-state index contributed by atoms with van der Waals surface area (Å²) in [5.41, 5.74) is 3.63. The monoisotopic (exact) mass is 246 g/mol. The van der Waals surface area contributed by atoms with Gasteiger partial charge in [0.25, 0.3) is 5.91 Å². The Kier molecular flexibility index (Phi) is 3.39. The molecule has 0 fully saturated rings. The molecule has 1 atom stereocenters. The average Bonchev–Trinajstić information content (AvgIpc) is 2.66. The molecule has 1 amide bonds. The van der Waals surface area contributed by atoms with Crippen LogP contribution in [0.4, 0.5) is 0 Å². The van der Waals surface area contributed by atoms with E-state index in [1.807, 2.05) is 26.0 Å². The summed E-state index contributed by atoms with van der Waals surface area (Å²) in [7, 11) is 0. The van der Waals surface area contributed by atoms with Gasteiger partial charge in [0, 0.05) is 16.9 Å². The van der Waals surface area contributed by atoms with E-state index in [1.165, 1.54) is 5.56 Å². The Morgan fingerprint density at radius 2 is 2.17 bits per heavy atom. The molecule has 2 aromatic rings. The summed E-state index contributed by atoms with van der Waals surface area (Å²) in [6, 6.07) is 5.80. The lowest BCUT2D eigenvalue weighted by molar-refractivity contribution is 0.0917. The molecule has 96 valence electrons. The van der Waals surface area contributed by atoms with Crippen molar-refractivity contribution in [3.8, 4) is 0 Å². The van der Waals surface area contributed by atoms with Crippen molar-refractivity contribution in [1.82, 2.24) is 10.3 Å². The minimum atomic E-state index is -0.245. The van der Waals surface area contributed by atoms with Crippen molar-refractivity contribution in [2.45, 2.75) is 26.8 Å². The van der Waals surface area contributed by atoms with E-state index in [9.17, 15) is 4.79 Å². The van der Waals surface area contributed by atoms with Gasteiger partial charge in [-0.1, -0.05) is 11.6 Å². The van der Waals surface area contributed by atoms with Crippen LogP contribution in [0.5, 0.6) is 0 Å². The topological polar surface area (TPSA) is 65.1 Å². The highest BCUT2D eigenvalue weighted by atomic mass is 16.3. The maximum Gasteiger partial charge on any atom is 0.268 e. The lowest BCUT2D eigenvalue weighted by atomic mass is 10.1. The molecule has 4 nitrogen and oxygen atoms in total. The standard InChI is InChI=1S/C14H18N2O2/c1-8-4-5-12-11(6-8)10(3)13(16-12)14(18)15-9(2)7-17/h4-6,9,16-17H,7H2,1-3H3,(H,15,18). The fourth-order valence-corrected chi connectivity index (χ4v) is 2.01. The summed E-state index contributed by atoms with van der Waals surface area (Å²) in [5.74, 6) is -0.178. The summed E-state index contributed by atoms with van der Waals surface area (Å²) >= 11 is 0. The Bertz CT molecular complexity index is 587. The maximum absolute atomic E-state index is 12.0. The first-order valence-corrected chi connectivity index (χ1v) is 6.03. The largest absolute Gasteiger partial charge is 0.394 e. The van der Waals surface area contributed by atoms with E-state index in [0.29, 0.717) is 5.69 Å². The molecule has 0 aliphatic carbocycles. The van der Waals surface area contributed by atoms with Gasteiger partial charge in [-0.3, -0.25) is 4.79 Å². The fraction of sp³-hybridized carbons (Fsp3) is 0.357. The lowest BCUT2D eigenvalue weighted by Crippen LogP contribution is -2.35. The van der Waals surface area contributed by atoms with Crippen LogP contribution in [0.3, 0.4) is 0 Å². The second kappa shape index (κ2) is 4.82. The van der Waals surface area contributed by atoms with E-state index in [2.05, 4.69) is 16.4 Å². The number of hydrogen-bond donors (Lipinski definition) is 3. The van der Waals surface area contributed by atoms with Crippen LogP contribution in [0, 0.1) is 13.8 Å². The van der Waals surface area contributed by atoms with Crippen LogP contribution in [-0.2, 0) is 0 Å².